The van der Waals surface area contributed by atoms with Gasteiger partial charge in [-0.25, -0.2) is 9.66 Å². The number of nitrogens with zero attached hydrogens (tertiary/aromatic N) is 2. The van der Waals surface area contributed by atoms with Gasteiger partial charge in [0.1, 0.15) is 10.7 Å². The molecule has 0 saturated heterocycles. The Morgan fingerprint density at radius 3 is 2.90 bits per heavy atom. The van der Waals surface area contributed by atoms with Gasteiger partial charge in [-0.05, 0) is 38.2 Å². The molecule has 1 aliphatic rings. The first-order valence-electron chi connectivity index (χ1n) is 6.95. The Balaban J connectivity index is 2.22. The van der Waals surface area contributed by atoms with Gasteiger partial charge in [-0.3, -0.25) is 15.0 Å². The standard InChI is InChI=1S/C14H17N3O2S/c1-3-11(18)16-17-8(2)15-13-12(14(17)19)9-6-4-5-7-10(9)20-13/h3-7H2,1-2H3,(H,16,18). The number of aromatic nitrogens is 2. The van der Waals surface area contributed by atoms with E-state index in [9.17, 15) is 9.59 Å². The van der Waals surface area contributed by atoms with Crippen LogP contribution in [0.15, 0.2) is 4.79 Å². The van der Waals surface area contributed by atoms with Crippen molar-refractivity contribution in [3.8, 4) is 0 Å². The third-order valence-corrected chi connectivity index (χ3v) is 4.90. The Kier molecular flexibility index (Phi) is 3.33. The van der Waals surface area contributed by atoms with E-state index in [2.05, 4.69) is 10.4 Å². The summed E-state index contributed by atoms with van der Waals surface area (Å²) in [5.41, 5.74) is 3.63. The minimum Gasteiger partial charge on any atom is -0.273 e. The van der Waals surface area contributed by atoms with Crippen LogP contribution in [-0.4, -0.2) is 15.6 Å². The minimum atomic E-state index is -0.180. The molecule has 1 aliphatic carbocycles. The first-order valence-corrected chi connectivity index (χ1v) is 7.77. The molecule has 5 nitrogen and oxygen atoms in total. The molecule has 0 bridgehead atoms. The van der Waals surface area contributed by atoms with E-state index >= 15 is 0 Å². The number of rotatable bonds is 2. The van der Waals surface area contributed by atoms with E-state index in [1.807, 2.05) is 0 Å². The fraction of sp³-hybridized carbons (Fsp3) is 0.500. The van der Waals surface area contributed by atoms with Gasteiger partial charge in [-0.15, -0.1) is 11.3 Å². The Labute approximate surface area is 120 Å². The average molecular weight is 291 g/mol. The lowest BCUT2D eigenvalue weighted by Gasteiger charge is -2.12. The monoisotopic (exact) mass is 291 g/mol. The van der Waals surface area contributed by atoms with E-state index in [0.29, 0.717) is 17.6 Å². The zero-order valence-electron chi connectivity index (χ0n) is 11.7. The maximum atomic E-state index is 12.6. The third kappa shape index (κ3) is 2.04. The molecule has 2 aromatic rings. The van der Waals surface area contributed by atoms with Crippen LogP contribution < -0.4 is 11.0 Å². The molecule has 0 aliphatic heterocycles. The number of aryl methyl sites for hydroxylation is 3. The first kappa shape index (κ1) is 13.3. The second kappa shape index (κ2) is 5.01. The molecule has 0 fully saturated rings. The summed E-state index contributed by atoms with van der Waals surface area (Å²) in [5.74, 6) is 0.350. The smallest absolute Gasteiger partial charge is 0.273 e. The molecule has 2 aromatic heterocycles. The van der Waals surface area contributed by atoms with Crippen LogP contribution in [0.2, 0.25) is 0 Å². The molecule has 1 amide bonds. The fourth-order valence-corrected chi connectivity index (χ4v) is 3.94. The van der Waals surface area contributed by atoms with Crippen molar-refractivity contribution in [1.82, 2.24) is 9.66 Å². The van der Waals surface area contributed by atoms with Gasteiger partial charge in [-0.1, -0.05) is 6.92 Å². The molecule has 20 heavy (non-hydrogen) atoms. The number of hydrogen-bond donors (Lipinski definition) is 1. The third-order valence-electron chi connectivity index (χ3n) is 3.71. The van der Waals surface area contributed by atoms with Crippen molar-refractivity contribution in [1.29, 1.82) is 0 Å². The number of carbonyl (C=O) groups excluding carboxylic acids is 1. The summed E-state index contributed by atoms with van der Waals surface area (Å²) in [5, 5.41) is 0.701. The van der Waals surface area contributed by atoms with Crippen LogP contribution in [0.5, 0.6) is 0 Å². The molecule has 106 valence electrons. The number of hydrogen-bond acceptors (Lipinski definition) is 4. The summed E-state index contributed by atoms with van der Waals surface area (Å²) in [6.45, 7) is 3.50. The van der Waals surface area contributed by atoms with Crippen LogP contribution >= 0.6 is 11.3 Å². The molecule has 6 heteroatoms. The number of amides is 1. The van der Waals surface area contributed by atoms with Gasteiger partial charge in [0, 0.05) is 11.3 Å². The van der Waals surface area contributed by atoms with Crippen molar-refractivity contribution in [3.63, 3.8) is 0 Å². The highest BCUT2D eigenvalue weighted by atomic mass is 32.1. The van der Waals surface area contributed by atoms with Crippen LogP contribution in [0.4, 0.5) is 0 Å². The van der Waals surface area contributed by atoms with Gasteiger partial charge in [-0.2, -0.15) is 0 Å². The maximum Gasteiger partial charge on any atom is 0.281 e. The summed E-state index contributed by atoms with van der Waals surface area (Å²) in [7, 11) is 0. The fourth-order valence-electron chi connectivity index (χ4n) is 2.64. The van der Waals surface area contributed by atoms with Crippen molar-refractivity contribution < 1.29 is 4.79 Å². The van der Waals surface area contributed by atoms with Gasteiger partial charge in [0.15, 0.2) is 0 Å². The van der Waals surface area contributed by atoms with Crippen molar-refractivity contribution >= 4 is 27.5 Å². The Morgan fingerprint density at radius 1 is 1.40 bits per heavy atom. The molecule has 1 N–H and O–H groups in total. The number of thiophene rings is 1. The Bertz CT molecular complexity index is 745. The summed E-state index contributed by atoms with van der Waals surface area (Å²) >= 11 is 1.62. The van der Waals surface area contributed by atoms with Crippen molar-refractivity contribution in [2.45, 2.75) is 46.0 Å². The molecule has 0 spiro atoms. The molecular weight excluding hydrogens is 274 g/mol. The first-order chi connectivity index (χ1) is 9.61. The predicted molar refractivity (Wildman–Crippen MR) is 79.9 cm³/mol. The van der Waals surface area contributed by atoms with E-state index in [1.165, 1.54) is 16.0 Å². The summed E-state index contributed by atoms with van der Waals surface area (Å²) < 4.78 is 1.29. The Morgan fingerprint density at radius 2 is 2.15 bits per heavy atom. The van der Waals surface area contributed by atoms with Crippen LogP contribution in [0.1, 0.15) is 42.5 Å². The molecule has 0 unspecified atom stereocenters. The summed E-state index contributed by atoms with van der Waals surface area (Å²) in [4.78, 5) is 30.8. The lowest BCUT2D eigenvalue weighted by Crippen LogP contribution is -2.35. The van der Waals surface area contributed by atoms with Crippen molar-refractivity contribution in [2.75, 3.05) is 5.43 Å². The molecular formula is C14H17N3O2S. The van der Waals surface area contributed by atoms with Gasteiger partial charge in [0.05, 0.1) is 5.39 Å². The largest absolute Gasteiger partial charge is 0.281 e. The highest BCUT2D eigenvalue weighted by Crippen LogP contribution is 2.33. The SMILES string of the molecule is CCC(=O)Nn1c(C)nc2sc3c(c2c1=O)CCCC3. The molecule has 0 saturated carbocycles. The van der Waals surface area contributed by atoms with E-state index < -0.39 is 0 Å². The van der Waals surface area contributed by atoms with Gasteiger partial charge < -0.3 is 0 Å². The highest BCUT2D eigenvalue weighted by Gasteiger charge is 2.21. The number of nitrogens with one attached hydrogen (secondary N) is 1. The number of carbonyl (C=O) groups is 1. The van der Waals surface area contributed by atoms with Gasteiger partial charge in [0.2, 0.25) is 5.91 Å². The average Bonchev–Trinajstić information content (AvgIpc) is 2.81. The van der Waals surface area contributed by atoms with Crippen LogP contribution in [0.3, 0.4) is 0 Å². The zero-order chi connectivity index (χ0) is 14.3. The molecule has 0 radical (unpaired) electrons. The topological polar surface area (TPSA) is 64.0 Å². The van der Waals surface area contributed by atoms with E-state index in [0.717, 1.165) is 29.7 Å². The molecule has 3 rings (SSSR count). The van der Waals surface area contributed by atoms with Crippen LogP contribution in [0.25, 0.3) is 10.2 Å². The summed E-state index contributed by atoms with van der Waals surface area (Å²) in [6, 6.07) is 0. The van der Waals surface area contributed by atoms with Crippen LogP contribution in [-0.2, 0) is 17.6 Å². The molecule has 0 atom stereocenters. The lowest BCUT2D eigenvalue weighted by molar-refractivity contribution is -0.116. The second-order valence-corrected chi connectivity index (χ2v) is 6.16. The Hall–Kier alpha value is -1.69. The van der Waals surface area contributed by atoms with Gasteiger partial charge in [0.25, 0.3) is 5.56 Å². The van der Waals surface area contributed by atoms with E-state index in [4.69, 9.17) is 0 Å². The quantitative estimate of drug-likeness (QED) is 0.922. The van der Waals surface area contributed by atoms with Crippen molar-refractivity contribution in [2.24, 2.45) is 0 Å². The summed E-state index contributed by atoms with van der Waals surface area (Å²) in [6.07, 6.45) is 4.62. The highest BCUT2D eigenvalue weighted by molar-refractivity contribution is 7.18. The zero-order valence-corrected chi connectivity index (χ0v) is 12.5. The lowest BCUT2D eigenvalue weighted by atomic mass is 9.97. The van der Waals surface area contributed by atoms with Gasteiger partial charge >= 0.3 is 0 Å². The number of fused-ring (bicyclic) bond motifs is 3. The van der Waals surface area contributed by atoms with E-state index in [1.54, 1.807) is 25.2 Å². The molecule has 0 aromatic carbocycles. The van der Waals surface area contributed by atoms with Crippen molar-refractivity contribution in [3.05, 3.63) is 26.6 Å². The maximum absolute atomic E-state index is 12.6. The second-order valence-electron chi connectivity index (χ2n) is 5.08. The van der Waals surface area contributed by atoms with Crippen LogP contribution in [0, 0.1) is 6.92 Å². The predicted octanol–water partition coefficient (Wildman–Crippen LogP) is 2.13. The minimum absolute atomic E-state index is 0.145. The molecule has 2 heterocycles. The van der Waals surface area contributed by atoms with E-state index in [-0.39, 0.29) is 11.5 Å². The normalized spacial score (nSPS) is 14.3.